The second-order valence-corrected chi connectivity index (χ2v) is 13.2. The largest absolute Gasteiger partial charge is 0.309 e. The zero-order valence-corrected chi connectivity index (χ0v) is 26.3. The molecule has 0 N–H and O–H groups in total. The maximum atomic E-state index is 2.46. The van der Waals surface area contributed by atoms with E-state index in [4.69, 9.17) is 0 Å². The Morgan fingerprint density at radius 1 is 0.404 bits per heavy atom. The molecule has 2 heterocycles. The van der Waals surface area contributed by atoms with Crippen molar-refractivity contribution in [1.29, 1.82) is 0 Å². The zero-order chi connectivity index (χ0) is 30.9. The SMILES string of the molecule is c1ccc(-n2c3ccc(N(c4cccc5ccccc45)c4cccc5ccccc45)cc3c3c4c(ccc32)sc2ccccc24)cc1. The van der Waals surface area contributed by atoms with Gasteiger partial charge in [-0.25, -0.2) is 0 Å². The highest BCUT2D eigenvalue weighted by Gasteiger charge is 2.22. The second kappa shape index (κ2) is 10.3. The molecule has 0 spiro atoms. The van der Waals surface area contributed by atoms with Gasteiger partial charge in [0, 0.05) is 53.1 Å². The summed E-state index contributed by atoms with van der Waals surface area (Å²) in [6.45, 7) is 0. The molecule has 2 aromatic heterocycles. The van der Waals surface area contributed by atoms with E-state index in [1.165, 1.54) is 69.2 Å². The third-order valence-electron chi connectivity index (χ3n) is 9.54. The van der Waals surface area contributed by atoms with Crippen LogP contribution in [0.2, 0.25) is 0 Å². The van der Waals surface area contributed by atoms with Gasteiger partial charge in [-0.3, -0.25) is 0 Å². The van der Waals surface area contributed by atoms with Crippen LogP contribution < -0.4 is 4.90 Å². The fourth-order valence-corrected chi connectivity index (χ4v) is 8.64. The van der Waals surface area contributed by atoms with Crippen LogP contribution in [-0.4, -0.2) is 4.57 Å². The lowest BCUT2D eigenvalue weighted by molar-refractivity contribution is 1.18. The standard InChI is InChI=1S/C44H28N2S/c1-2-16-31(17-3-1)45-39-25-24-32(28-36(39)43-40(45)26-27-42-44(43)35-20-8-9-23-41(35)47-42)46(37-21-10-14-29-12-4-6-18-33(29)37)38-22-11-15-30-13-5-7-19-34(30)38/h1-28H. The van der Waals surface area contributed by atoms with Crippen LogP contribution >= 0.6 is 11.3 Å². The van der Waals surface area contributed by atoms with Gasteiger partial charge in [-0.15, -0.1) is 11.3 Å². The molecule has 0 aliphatic carbocycles. The molecule has 8 aromatic carbocycles. The van der Waals surface area contributed by atoms with E-state index < -0.39 is 0 Å². The van der Waals surface area contributed by atoms with Gasteiger partial charge in [-0.2, -0.15) is 0 Å². The normalized spacial score (nSPS) is 11.8. The molecule has 3 heteroatoms. The monoisotopic (exact) mass is 616 g/mol. The number of hydrogen-bond donors (Lipinski definition) is 0. The minimum atomic E-state index is 1.13. The van der Waals surface area contributed by atoms with E-state index in [0.29, 0.717) is 0 Å². The van der Waals surface area contributed by atoms with Gasteiger partial charge in [0.05, 0.1) is 22.4 Å². The summed E-state index contributed by atoms with van der Waals surface area (Å²) < 4.78 is 5.07. The van der Waals surface area contributed by atoms with E-state index >= 15 is 0 Å². The Hall–Kier alpha value is -5.90. The van der Waals surface area contributed by atoms with Crippen molar-refractivity contribution < 1.29 is 0 Å². The lowest BCUT2D eigenvalue weighted by Gasteiger charge is -2.28. The van der Waals surface area contributed by atoms with Gasteiger partial charge in [0.2, 0.25) is 0 Å². The molecule has 0 radical (unpaired) electrons. The summed E-state index contributed by atoms with van der Waals surface area (Å²) in [4.78, 5) is 2.46. The number of fused-ring (bicyclic) bond motifs is 9. The molecule has 10 rings (SSSR count). The lowest BCUT2D eigenvalue weighted by atomic mass is 10.0. The summed E-state index contributed by atoms with van der Waals surface area (Å²) in [7, 11) is 0. The molecule has 0 atom stereocenters. The first-order chi connectivity index (χ1) is 23.3. The molecule has 220 valence electrons. The minimum absolute atomic E-state index is 1.13. The Labute approximate surface area is 276 Å². The Kier molecular flexibility index (Phi) is 5.78. The number of rotatable bonds is 4. The molecule has 0 saturated heterocycles. The van der Waals surface area contributed by atoms with Crippen LogP contribution in [-0.2, 0) is 0 Å². The predicted molar refractivity (Wildman–Crippen MR) is 203 cm³/mol. The van der Waals surface area contributed by atoms with Crippen LogP contribution in [0.3, 0.4) is 0 Å². The van der Waals surface area contributed by atoms with E-state index in [1.54, 1.807) is 0 Å². The van der Waals surface area contributed by atoms with Crippen LogP contribution in [0.25, 0.3) is 69.2 Å². The molecule has 0 fully saturated rings. The zero-order valence-electron chi connectivity index (χ0n) is 25.5. The summed E-state index contributed by atoms with van der Waals surface area (Å²) in [6.07, 6.45) is 0. The van der Waals surface area contributed by atoms with Gasteiger partial charge in [0.15, 0.2) is 0 Å². The summed E-state index contributed by atoms with van der Waals surface area (Å²) >= 11 is 1.88. The lowest BCUT2D eigenvalue weighted by Crippen LogP contribution is -2.11. The number of anilines is 3. The fourth-order valence-electron chi connectivity index (χ4n) is 7.52. The molecule has 0 unspecified atom stereocenters. The van der Waals surface area contributed by atoms with E-state index in [2.05, 4.69) is 179 Å². The molecular formula is C44H28N2S. The van der Waals surface area contributed by atoms with E-state index in [0.717, 1.165) is 17.1 Å². The first-order valence-electron chi connectivity index (χ1n) is 16.0. The molecule has 0 amide bonds. The van der Waals surface area contributed by atoms with Gasteiger partial charge in [-0.05, 0) is 71.4 Å². The van der Waals surface area contributed by atoms with Gasteiger partial charge in [-0.1, -0.05) is 109 Å². The predicted octanol–water partition coefficient (Wildman–Crippen LogP) is 12.9. The first-order valence-corrected chi connectivity index (χ1v) is 16.8. The molecule has 0 saturated carbocycles. The van der Waals surface area contributed by atoms with Gasteiger partial charge in [0.1, 0.15) is 0 Å². The van der Waals surface area contributed by atoms with Crippen LogP contribution in [0.1, 0.15) is 0 Å². The average Bonchev–Trinajstić information content (AvgIpc) is 3.68. The van der Waals surface area contributed by atoms with E-state index in [9.17, 15) is 0 Å². The van der Waals surface area contributed by atoms with Crippen molar-refractivity contribution in [2.75, 3.05) is 4.90 Å². The van der Waals surface area contributed by atoms with Gasteiger partial charge < -0.3 is 9.47 Å². The molecule has 2 nitrogen and oxygen atoms in total. The fraction of sp³-hybridized carbons (Fsp3) is 0. The molecule has 10 aromatic rings. The third kappa shape index (κ3) is 3.97. The van der Waals surface area contributed by atoms with Crippen LogP contribution in [0.15, 0.2) is 170 Å². The number of nitrogens with zero attached hydrogens (tertiary/aromatic N) is 2. The van der Waals surface area contributed by atoms with Gasteiger partial charge >= 0.3 is 0 Å². The number of hydrogen-bond acceptors (Lipinski definition) is 2. The topological polar surface area (TPSA) is 8.17 Å². The first kappa shape index (κ1) is 26.3. The smallest absolute Gasteiger partial charge is 0.0548 e. The van der Waals surface area contributed by atoms with E-state index in [-0.39, 0.29) is 0 Å². The van der Waals surface area contributed by atoms with Crippen molar-refractivity contribution in [3.8, 4) is 5.69 Å². The molecular weight excluding hydrogens is 589 g/mol. The number of benzene rings is 8. The highest BCUT2D eigenvalue weighted by atomic mass is 32.1. The number of aromatic nitrogens is 1. The van der Waals surface area contributed by atoms with Crippen molar-refractivity contribution in [3.63, 3.8) is 0 Å². The van der Waals surface area contributed by atoms with E-state index in [1.807, 2.05) is 11.3 Å². The number of thiophene rings is 1. The van der Waals surface area contributed by atoms with Crippen LogP contribution in [0, 0.1) is 0 Å². The van der Waals surface area contributed by atoms with Crippen molar-refractivity contribution >= 4 is 91.9 Å². The van der Waals surface area contributed by atoms with Crippen molar-refractivity contribution in [1.82, 2.24) is 4.57 Å². The van der Waals surface area contributed by atoms with Crippen LogP contribution in [0.5, 0.6) is 0 Å². The Bertz CT molecular complexity index is 2720. The quantitative estimate of drug-likeness (QED) is 0.191. The third-order valence-corrected chi connectivity index (χ3v) is 10.7. The Morgan fingerprint density at radius 2 is 1.00 bits per heavy atom. The van der Waals surface area contributed by atoms with Crippen molar-refractivity contribution in [2.24, 2.45) is 0 Å². The molecule has 0 aliphatic heterocycles. The maximum absolute atomic E-state index is 2.46. The highest BCUT2D eigenvalue weighted by molar-refractivity contribution is 7.26. The highest BCUT2D eigenvalue weighted by Crippen LogP contribution is 2.47. The average molecular weight is 617 g/mol. The summed E-state index contributed by atoms with van der Waals surface area (Å²) in [5.74, 6) is 0. The second-order valence-electron chi connectivity index (χ2n) is 12.1. The summed E-state index contributed by atoms with van der Waals surface area (Å²) in [5.41, 5.74) is 7.05. The molecule has 0 aliphatic rings. The van der Waals surface area contributed by atoms with Crippen molar-refractivity contribution in [2.45, 2.75) is 0 Å². The maximum Gasteiger partial charge on any atom is 0.0548 e. The van der Waals surface area contributed by atoms with Gasteiger partial charge in [0.25, 0.3) is 0 Å². The van der Waals surface area contributed by atoms with Crippen molar-refractivity contribution in [3.05, 3.63) is 170 Å². The Balaban J connectivity index is 1.35. The van der Waals surface area contributed by atoms with Crippen LogP contribution in [0.4, 0.5) is 17.1 Å². The summed E-state index contributed by atoms with van der Waals surface area (Å²) in [5, 5.41) is 10.1. The molecule has 47 heavy (non-hydrogen) atoms. The molecule has 0 bridgehead atoms. The minimum Gasteiger partial charge on any atom is -0.309 e. The number of para-hydroxylation sites is 1. The summed E-state index contributed by atoms with van der Waals surface area (Å²) in [6, 6.07) is 61.9. The Morgan fingerprint density at radius 3 is 1.72 bits per heavy atom.